The van der Waals surface area contributed by atoms with Gasteiger partial charge in [0.2, 0.25) is 0 Å². The van der Waals surface area contributed by atoms with E-state index in [0.717, 1.165) is 24.1 Å². The van der Waals surface area contributed by atoms with Gasteiger partial charge in [-0.15, -0.1) is 11.3 Å². The van der Waals surface area contributed by atoms with Gasteiger partial charge in [-0.1, -0.05) is 18.9 Å². The maximum Gasteiger partial charge on any atom is 0.322 e. The number of nitrogens with two attached hydrogens (primary N) is 1. The summed E-state index contributed by atoms with van der Waals surface area (Å²) in [5, 5.41) is 7.02. The summed E-state index contributed by atoms with van der Waals surface area (Å²) in [5.41, 5.74) is 4.58. The van der Waals surface area contributed by atoms with Gasteiger partial charge in [-0.25, -0.2) is 4.79 Å². The Balaban J connectivity index is 2.14. The van der Waals surface area contributed by atoms with Crippen molar-refractivity contribution in [2.45, 2.75) is 31.2 Å². The number of unbranched alkanes of at least 4 members (excludes halogenated alkanes) is 2. The number of carbonyl (C=O) groups excluding carboxylic acids is 2. The van der Waals surface area contributed by atoms with Crippen LogP contribution in [0.5, 0.6) is 0 Å². The zero-order chi connectivity index (χ0) is 13.0. The van der Waals surface area contributed by atoms with E-state index in [1.807, 2.05) is 17.5 Å². The third-order valence-corrected chi connectivity index (χ3v) is 4.17. The summed E-state index contributed by atoms with van der Waals surface area (Å²) in [6, 6.07) is 3.37. The highest BCUT2D eigenvalue weighted by molar-refractivity contribution is 7.10. The summed E-state index contributed by atoms with van der Waals surface area (Å²) in [7, 11) is 0. The fourth-order valence-corrected chi connectivity index (χ4v) is 3.10. The van der Waals surface area contributed by atoms with E-state index < -0.39 is 11.6 Å². The summed E-state index contributed by atoms with van der Waals surface area (Å²) in [5.74, 6) is -0.248. The molecule has 2 rings (SSSR count). The summed E-state index contributed by atoms with van der Waals surface area (Å²) in [4.78, 5) is 24.3. The summed E-state index contributed by atoms with van der Waals surface area (Å²) in [6.45, 7) is 0.657. The first kappa shape index (κ1) is 13.0. The lowest BCUT2D eigenvalue weighted by Crippen LogP contribution is -2.43. The Morgan fingerprint density at radius 2 is 2.11 bits per heavy atom. The number of imide groups is 1. The van der Waals surface area contributed by atoms with Crippen LogP contribution in [0.3, 0.4) is 0 Å². The van der Waals surface area contributed by atoms with Crippen molar-refractivity contribution in [2.24, 2.45) is 5.73 Å². The second-order valence-corrected chi connectivity index (χ2v) is 5.34. The standard InChI is InChI=1S/C12H17N3O2S/c13-7-3-1-2-6-12(9-5-4-8-18-9)10(16)14-11(17)15-12/h4-5,8H,1-3,6-7,13H2,(H2,14,15,16,17)/t12-/m0/s1. The maximum atomic E-state index is 12.1. The lowest BCUT2D eigenvalue weighted by Gasteiger charge is -2.24. The van der Waals surface area contributed by atoms with E-state index in [1.165, 1.54) is 11.3 Å². The Hall–Kier alpha value is -1.40. The van der Waals surface area contributed by atoms with Gasteiger partial charge in [-0.2, -0.15) is 0 Å². The van der Waals surface area contributed by atoms with Gasteiger partial charge < -0.3 is 11.1 Å². The molecule has 18 heavy (non-hydrogen) atoms. The highest BCUT2D eigenvalue weighted by atomic mass is 32.1. The monoisotopic (exact) mass is 267 g/mol. The van der Waals surface area contributed by atoms with Crippen molar-refractivity contribution in [3.63, 3.8) is 0 Å². The fourth-order valence-electron chi connectivity index (χ4n) is 2.20. The van der Waals surface area contributed by atoms with Gasteiger partial charge in [-0.05, 0) is 30.8 Å². The number of thiophene rings is 1. The van der Waals surface area contributed by atoms with Crippen LogP contribution in [-0.4, -0.2) is 18.5 Å². The lowest BCUT2D eigenvalue weighted by atomic mass is 9.90. The molecule has 0 spiro atoms. The zero-order valence-corrected chi connectivity index (χ0v) is 10.9. The van der Waals surface area contributed by atoms with Crippen LogP contribution in [0.1, 0.15) is 30.6 Å². The highest BCUT2D eigenvalue weighted by Crippen LogP contribution is 2.33. The number of urea groups is 1. The van der Waals surface area contributed by atoms with Gasteiger partial charge in [0.15, 0.2) is 5.54 Å². The second-order valence-electron chi connectivity index (χ2n) is 4.39. The van der Waals surface area contributed by atoms with Crippen LogP contribution in [0.4, 0.5) is 4.79 Å². The molecule has 2 heterocycles. The molecule has 98 valence electrons. The molecule has 1 aliphatic heterocycles. The van der Waals surface area contributed by atoms with Gasteiger partial charge in [0.05, 0.1) is 0 Å². The predicted molar refractivity (Wildman–Crippen MR) is 70.2 cm³/mol. The molecule has 1 aromatic rings. The molecule has 0 saturated carbocycles. The van der Waals surface area contributed by atoms with Crippen molar-refractivity contribution in [1.29, 1.82) is 0 Å². The van der Waals surface area contributed by atoms with Crippen LogP contribution in [0.25, 0.3) is 0 Å². The van der Waals surface area contributed by atoms with E-state index in [2.05, 4.69) is 10.6 Å². The van der Waals surface area contributed by atoms with E-state index in [0.29, 0.717) is 13.0 Å². The topological polar surface area (TPSA) is 84.2 Å². The van der Waals surface area contributed by atoms with E-state index in [9.17, 15) is 9.59 Å². The van der Waals surface area contributed by atoms with Gasteiger partial charge in [-0.3, -0.25) is 10.1 Å². The molecule has 5 nitrogen and oxygen atoms in total. The molecule has 0 aromatic carbocycles. The van der Waals surface area contributed by atoms with E-state index in [-0.39, 0.29) is 5.91 Å². The Bertz CT molecular complexity index is 433. The predicted octanol–water partition coefficient (Wildman–Crippen LogP) is 1.30. The maximum absolute atomic E-state index is 12.1. The molecule has 0 bridgehead atoms. The SMILES string of the molecule is NCCCCC[C@@]1(c2cccs2)NC(=O)NC1=O. The van der Waals surface area contributed by atoms with Crippen molar-refractivity contribution in [2.75, 3.05) is 6.54 Å². The van der Waals surface area contributed by atoms with Crippen molar-refractivity contribution in [3.8, 4) is 0 Å². The summed E-state index contributed by atoms with van der Waals surface area (Å²) >= 11 is 1.49. The number of hydrogen-bond donors (Lipinski definition) is 3. The minimum Gasteiger partial charge on any atom is -0.330 e. The van der Waals surface area contributed by atoms with Gasteiger partial charge in [0, 0.05) is 4.88 Å². The second kappa shape index (κ2) is 5.49. The van der Waals surface area contributed by atoms with Crippen molar-refractivity contribution in [3.05, 3.63) is 22.4 Å². The molecule has 0 aliphatic carbocycles. The Morgan fingerprint density at radius 1 is 1.28 bits per heavy atom. The van der Waals surface area contributed by atoms with Crippen LogP contribution in [0.2, 0.25) is 0 Å². The molecular formula is C12H17N3O2S. The minimum atomic E-state index is -0.875. The van der Waals surface area contributed by atoms with Crippen LogP contribution in [-0.2, 0) is 10.3 Å². The molecule has 3 amide bonds. The van der Waals surface area contributed by atoms with Gasteiger partial charge in [0.25, 0.3) is 5.91 Å². The Morgan fingerprint density at radius 3 is 2.67 bits per heavy atom. The molecule has 1 atom stereocenters. The average molecular weight is 267 g/mol. The molecule has 1 aromatic heterocycles. The summed E-state index contributed by atoms with van der Waals surface area (Å²) < 4.78 is 0. The first-order chi connectivity index (χ1) is 8.69. The Labute approximate surface area is 110 Å². The summed E-state index contributed by atoms with van der Waals surface area (Å²) in [6.07, 6.45) is 3.39. The average Bonchev–Trinajstić information content (AvgIpc) is 2.94. The molecular weight excluding hydrogens is 250 g/mol. The first-order valence-corrected chi connectivity index (χ1v) is 6.94. The molecule has 1 fully saturated rings. The fraction of sp³-hybridized carbons (Fsp3) is 0.500. The molecule has 4 N–H and O–H groups in total. The smallest absolute Gasteiger partial charge is 0.322 e. The normalized spacial score (nSPS) is 22.9. The van der Waals surface area contributed by atoms with Crippen LogP contribution in [0.15, 0.2) is 17.5 Å². The molecule has 0 unspecified atom stereocenters. The van der Waals surface area contributed by atoms with Crippen LogP contribution >= 0.6 is 11.3 Å². The molecule has 1 saturated heterocycles. The van der Waals surface area contributed by atoms with E-state index >= 15 is 0 Å². The number of carbonyl (C=O) groups is 2. The molecule has 0 radical (unpaired) electrons. The van der Waals surface area contributed by atoms with E-state index in [1.54, 1.807) is 0 Å². The van der Waals surface area contributed by atoms with E-state index in [4.69, 9.17) is 5.73 Å². The highest BCUT2D eigenvalue weighted by Gasteiger charge is 2.47. The number of amides is 3. The third-order valence-electron chi connectivity index (χ3n) is 3.14. The number of rotatable bonds is 6. The number of hydrogen-bond acceptors (Lipinski definition) is 4. The van der Waals surface area contributed by atoms with Crippen LogP contribution in [0, 0.1) is 0 Å². The van der Waals surface area contributed by atoms with Crippen molar-refractivity contribution < 1.29 is 9.59 Å². The van der Waals surface area contributed by atoms with Gasteiger partial charge >= 0.3 is 6.03 Å². The Kier molecular flexibility index (Phi) is 3.98. The van der Waals surface area contributed by atoms with Gasteiger partial charge in [0.1, 0.15) is 0 Å². The van der Waals surface area contributed by atoms with Crippen LogP contribution < -0.4 is 16.4 Å². The largest absolute Gasteiger partial charge is 0.330 e. The minimum absolute atomic E-state index is 0.248. The molecule has 1 aliphatic rings. The zero-order valence-electron chi connectivity index (χ0n) is 10.1. The number of nitrogens with one attached hydrogen (secondary N) is 2. The van der Waals surface area contributed by atoms with Crippen molar-refractivity contribution >= 4 is 23.3 Å². The third kappa shape index (κ3) is 2.39. The quantitative estimate of drug-likeness (QED) is 0.536. The molecule has 6 heteroatoms. The lowest BCUT2D eigenvalue weighted by molar-refractivity contribution is -0.124. The van der Waals surface area contributed by atoms with Crippen molar-refractivity contribution in [1.82, 2.24) is 10.6 Å². The first-order valence-electron chi connectivity index (χ1n) is 6.07.